The van der Waals surface area contributed by atoms with E-state index in [1.807, 2.05) is 0 Å². The Hall–Kier alpha value is -3.43. The zero-order valence-electron chi connectivity index (χ0n) is 15.6. The molecule has 1 aliphatic rings. The van der Waals surface area contributed by atoms with E-state index in [-0.39, 0.29) is 23.3 Å². The van der Waals surface area contributed by atoms with Crippen LogP contribution in [0, 0.1) is 11.8 Å². The molecule has 0 saturated heterocycles. The van der Waals surface area contributed by atoms with Gasteiger partial charge in [-0.2, -0.15) is 0 Å². The Bertz CT molecular complexity index is 1020. The van der Waals surface area contributed by atoms with Crippen LogP contribution in [0.5, 0.6) is 0 Å². The average Bonchev–Trinajstić information content (AvgIpc) is 2.96. The summed E-state index contributed by atoms with van der Waals surface area (Å²) in [4.78, 5) is 38.8. The summed E-state index contributed by atoms with van der Waals surface area (Å²) >= 11 is 0. The molecule has 2 amide bonds. The molecule has 0 saturated carbocycles. The van der Waals surface area contributed by atoms with E-state index in [1.165, 1.54) is 18.2 Å². The second-order valence-electron chi connectivity index (χ2n) is 6.29. The Morgan fingerprint density at radius 1 is 1.14 bits per heavy atom. The third-order valence-corrected chi connectivity index (χ3v) is 4.37. The quantitative estimate of drug-likeness (QED) is 0.492. The highest BCUT2D eigenvalue weighted by atomic mass is 16.5. The summed E-state index contributed by atoms with van der Waals surface area (Å²) in [5, 5.41) is 9.51. The van der Waals surface area contributed by atoms with Crippen LogP contribution < -0.4 is 4.90 Å². The zero-order chi connectivity index (χ0) is 20.3. The van der Waals surface area contributed by atoms with Crippen LogP contribution in [0.25, 0.3) is 0 Å². The van der Waals surface area contributed by atoms with Gasteiger partial charge in [0.05, 0.1) is 28.5 Å². The minimum Gasteiger partial charge on any atom is -0.459 e. The van der Waals surface area contributed by atoms with E-state index in [0.717, 1.165) is 4.90 Å². The van der Waals surface area contributed by atoms with E-state index in [0.29, 0.717) is 17.7 Å². The van der Waals surface area contributed by atoms with Gasteiger partial charge in [-0.3, -0.25) is 9.59 Å². The molecule has 1 heterocycles. The molecule has 2 aromatic carbocycles. The highest BCUT2D eigenvalue weighted by molar-refractivity contribution is 6.34. The Morgan fingerprint density at radius 2 is 1.89 bits per heavy atom. The van der Waals surface area contributed by atoms with Crippen LogP contribution in [0.15, 0.2) is 42.5 Å². The van der Waals surface area contributed by atoms with Crippen LogP contribution in [0.3, 0.4) is 0 Å². The molecule has 0 bridgehead atoms. The largest absolute Gasteiger partial charge is 0.459 e. The molecule has 0 aromatic heterocycles. The Balaban J connectivity index is 1.88. The SMILES string of the molecule is CC#Cc1cccc(N2C(=O)c3ccc(C(=O)OCC(O)CC)cc3C2=O)c1. The van der Waals surface area contributed by atoms with Crippen molar-refractivity contribution in [2.75, 3.05) is 11.5 Å². The molecule has 6 heteroatoms. The van der Waals surface area contributed by atoms with Crippen molar-refractivity contribution < 1.29 is 24.2 Å². The van der Waals surface area contributed by atoms with Crippen LogP contribution >= 0.6 is 0 Å². The first-order valence-electron chi connectivity index (χ1n) is 8.87. The molecule has 0 fully saturated rings. The number of hydrogen-bond donors (Lipinski definition) is 1. The maximum atomic E-state index is 12.8. The summed E-state index contributed by atoms with van der Waals surface area (Å²) < 4.78 is 5.04. The third kappa shape index (κ3) is 3.66. The number of imide groups is 1. The number of amides is 2. The van der Waals surface area contributed by atoms with Crippen molar-refractivity contribution in [3.05, 3.63) is 64.7 Å². The molecular formula is C22H19NO5. The van der Waals surface area contributed by atoms with Crippen molar-refractivity contribution >= 4 is 23.5 Å². The van der Waals surface area contributed by atoms with Crippen molar-refractivity contribution in [1.82, 2.24) is 0 Å². The molecule has 28 heavy (non-hydrogen) atoms. The molecule has 0 spiro atoms. The molecule has 2 aromatic rings. The molecule has 1 aliphatic heterocycles. The van der Waals surface area contributed by atoms with E-state index in [2.05, 4.69) is 11.8 Å². The summed E-state index contributed by atoms with van der Waals surface area (Å²) in [6.07, 6.45) is -0.281. The fraction of sp³-hybridized carbons (Fsp3) is 0.227. The van der Waals surface area contributed by atoms with Crippen molar-refractivity contribution in [1.29, 1.82) is 0 Å². The lowest BCUT2D eigenvalue weighted by Gasteiger charge is -2.14. The standard InChI is InChI=1S/C22H19NO5/c1-3-6-14-7-5-8-16(11-14)23-20(25)18-10-9-15(12-19(18)21(23)26)22(27)28-13-17(24)4-2/h5,7-12,17,24H,4,13H2,1-2H3. The molecular weight excluding hydrogens is 358 g/mol. The van der Waals surface area contributed by atoms with Crippen LogP contribution in [0.4, 0.5) is 5.69 Å². The van der Waals surface area contributed by atoms with Gasteiger partial charge in [0.2, 0.25) is 0 Å². The molecule has 6 nitrogen and oxygen atoms in total. The van der Waals surface area contributed by atoms with E-state index in [1.54, 1.807) is 38.1 Å². The number of aliphatic hydroxyl groups excluding tert-OH is 1. The van der Waals surface area contributed by atoms with Gasteiger partial charge in [0.15, 0.2) is 0 Å². The number of rotatable bonds is 5. The Labute approximate surface area is 162 Å². The van der Waals surface area contributed by atoms with E-state index >= 15 is 0 Å². The van der Waals surface area contributed by atoms with Crippen LogP contribution in [0.2, 0.25) is 0 Å². The van der Waals surface area contributed by atoms with Crippen LogP contribution in [-0.2, 0) is 4.74 Å². The molecule has 3 rings (SSSR count). The zero-order valence-corrected chi connectivity index (χ0v) is 15.6. The number of hydrogen-bond acceptors (Lipinski definition) is 5. The minimum absolute atomic E-state index is 0.128. The maximum Gasteiger partial charge on any atom is 0.338 e. The molecule has 1 N–H and O–H groups in total. The summed E-state index contributed by atoms with van der Waals surface area (Å²) in [5.41, 5.74) is 1.62. The summed E-state index contributed by atoms with van der Waals surface area (Å²) in [6.45, 7) is 3.35. The van der Waals surface area contributed by atoms with Crippen LogP contribution in [-0.4, -0.2) is 35.6 Å². The molecule has 1 unspecified atom stereocenters. The molecule has 142 valence electrons. The Morgan fingerprint density at radius 3 is 2.61 bits per heavy atom. The maximum absolute atomic E-state index is 12.8. The number of nitrogens with zero attached hydrogens (tertiary/aromatic N) is 1. The topological polar surface area (TPSA) is 83.9 Å². The Kier molecular flexibility index (Phi) is 5.57. The van der Waals surface area contributed by atoms with E-state index in [9.17, 15) is 19.5 Å². The fourth-order valence-corrected chi connectivity index (χ4v) is 2.84. The van der Waals surface area contributed by atoms with Gasteiger partial charge < -0.3 is 9.84 Å². The number of benzene rings is 2. The van der Waals surface area contributed by atoms with Gasteiger partial charge in [0, 0.05) is 5.56 Å². The fourth-order valence-electron chi connectivity index (χ4n) is 2.84. The van der Waals surface area contributed by atoms with Gasteiger partial charge in [-0.15, -0.1) is 5.92 Å². The van der Waals surface area contributed by atoms with Gasteiger partial charge in [-0.1, -0.05) is 18.9 Å². The lowest BCUT2D eigenvalue weighted by Crippen LogP contribution is -2.29. The molecule has 0 aliphatic carbocycles. The van der Waals surface area contributed by atoms with Gasteiger partial charge in [-0.25, -0.2) is 9.69 Å². The van der Waals surface area contributed by atoms with E-state index < -0.39 is 23.9 Å². The third-order valence-electron chi connectivity index (χ3n) is 4.37. The first kappa shape index (κ1) is 19.3. The van der Waals surface area contributed by atoms with Crippen molar-refractivity contribution in [2.45, 2.75) is 26.4 Å². The van der Waals surface area contributed by atoms with Crippen molar-refractivity contribution in [2.24, 2.45) is 0 Å². The molecule has 1 atom stereocenters. The number of carbonyl (C=O) groups excluding carboxylic acids is 3. The van der Waals surface area contributed by atoms with Gasteiger partial charge in [0.25, 0.3) is 11.8 Å². The summed E-state index contributed by atoms with van der Waals surface area (Å²) in [7, 11) is 0. The van der Waals surface area contributed by atoms with Gasteiger partial charge in [0.1, 0.15) is 6.61 Å². The first-order chi connectivity index (χ1) is 13.5. The van der Waals surface area contributed by atoms with E-state index in [4.69, 9.17) is 4.74 Å². The van der Waals surface area contributed by atoms with Crippen molar-refractivity contribution in [3.63, 3.8) is 0 Å². The number of anilines is 1. The number of ether oxygens (including phenoxy) is 1. The lowest BCUT2D eigenvalue weighted by molar-refractivity contribution is 0.0250. The predicted molar refractivity (Wildman–Crippen MR) is 103 cm³/mol. The number of carbonyl (C=O) groups is 3. The second-order valence-corrected chi connectivity index (χ2v) is 6.29. The number of fused-ring (bicyclic) bond motifs is 1. The highest BCUT2D eigenvalue weighted by Crippen LogP contribution is 2.29. The number of esters is 1. The average molecular weight is 377 g/mol. The number of aliphatic hydroxyl groups is 1. The van der Waals surface area contributed by atoms with Crippen molar-refractivity contribution in [3.8, 4) is 11.8 Å². The van der Waals surface area contributed by atoms with Crippen LogP contribution in [0.1, 0.15) is 56.9 Å². The summed E-state index contributed by atoms with van der Waals surface area (Å²) in [6, 6.07) is 11.1. The highest BCUT2D eigenvalue weighted by Gasteiger charge is 2.37. The predicted octanol–water partition coefficient (Wildman–Crippen LogP) is 2.79. The molecule has 0 radical (unpaired) electrons. The van der Waals surface area contributed by atoms with Gasteiger partial charge >= 0.3 is 5.97 Å². The normalized spacial score (nSPS) is 13.6. The second kappa shape index (κ2) is 8.07. The van der Waals surface area contributed by atoms with Gasteiger partial charge in [-0.05, 0) is 49.7 Å². The monoisotopic (exact) mass is 377 g/mol. The smallest absolute Gasteiger partial charge is 0.338 e. The minimum atomic E-state index is -0.740. The lowest BCUT2D eigenvalue weighted by atomic mass is 10.1. The first-order valence-corrected chi connectivity index (χ1v) is 8.87. The summed E-state index contributed by atoms with van der Waals surface area (Å²) in [5.74, 6) is 4.05.